The molecule has 0 saturated heterocycles. The number of nitrogen functional groups attached to an aromatic ring is 1. The smallest absolute Gasteiger partial charge is 0.335 e. The average molecular weight is 355 g/mol. The number of carboxylic acid groups (broad SMARTS) is 1. The molecular weight excluding hydrogens is 346 g/mol. The molecule has 0 heterocycles. The summed E-state index contributed by atoms with van der Waals surface area (Å²) in [7, 11) is 0. The minimum Gasteiger partial charge on any atom is -0.478 e. The van der Waals surface area contributed by atoms with Crippen LogP contribution in [-0.2, 0) is 0 Å². The second-order valence-corrected chi connectivity index (χ2v) is 4.64. The van der Waals surface area contributed by atoms with Gasteiger partial charge >= 0.3 is 5.97 Å². The number of nitrogens with two attached hydrogens (primary N) is 1. The second kappa shape index (κ2) is 7.36. The molecule has 4 nitrogen and oxygen atoms in total. The van der Waals surface area contributed by atoms with Gasteiger partial charge in [0.25, 0.3) is 0 Å². The van der Waals surface area contributed by atoms with Crippen LogP contribution in [0.4, 0.5) is 14.5 Å². The third-order valence-electron chi connectivity index (χ3n) is 2.28. The molecule has 0 atom stereocenters. The van der Waals surface area contributed by atoms with Gasteiger partial charge in [0.1, 0.15) is 6.07 Å². The zero-order chi connectivity index (χ0) is 16.0. The highest BCUT2D eigenvalue weighted by molar-refractivity contribution is 9.10. The lowest BCUT2D eigenvalue weighted by Gasteiger charge is -1.96. The zero-order valence-electron chi connectivity index (χ0n) is 10.5. The molecule has 0 spiro atoms. The highest BCUT2D eigenvalue weighted by Crippen LogP contribution is 2.17. The second-order valence-electron chi connectivity index (χ2n) is 3.79. The molecule has 0 aliphatic carbocycles. The van der Waals surface area contributed by atoms with E-state index in [1.807, 2.05) is 6.07 Å². The van der Waals surface area contributed by atoms with Crippen LogP contribution in [-0.4, -0.2) is 11.1 Å². The SMILES string of the molecule is N#Cc1ccc(C(=O)O)cc1Br.Nc1ccc(F)c(F)c1. The average Bonchev–Trinajstić information content (AvgIpc) is 2.44. The first-order chi connectivity index (χ1) is 9.85. The summed E-state index contributed by atoms with van der Waals surface area (Å²) < 4.78 is 24.7. The zero-order valence-corrected chi connectivity index (χ0v) is 12.1. The largest absolute Gasteiger partial charge is 0.478 e. The third-order valence-corrected chi connectivity index (χ3v) is 2.94. The Morgan fingerprint density at radius 2 is 1.86 bits per heavy atom. The van der Waals surface area contributed by atoms with Gasteiger partial charge in [-0.3, -0.25) is 0 Å². The van der Waals surface area contributed by atoms with E-state index in [9.17, 15) is 13.6 Å². The summed E-state index contributed by atoms with van der Waals surface area (Å²) in [4.78, 5) is 10.4. The van der Waals surface area contributed by atoms with Crippen LogP contribution in [0, 0.1) is 23.0 Å². The molecule has 7 heteroatoms. The molecule has 0 aliphatic heterocycles. The van der Waals surface area contributed by atoms with Crippen LogP contribution in [0.2, 0.25) is 0 Å². The maximum absolute atomic E-state index is 12.1. The van der Waals surface area contributed by atoms with Gasteiger partial charge in [0.15, 0.2) is 11.6 Å². The molecule has 0 aliphatic rings. The number of anilines is 1. The predicted molar refractivity (Wildman–Crippen MR) is 76.6 cm³/mol. The Hall–Kier alpha value is -2.46. The monoisotopic (exact) mass is 354 g/mol. The molecule has 21 heavy (non-hydrogen) atoms. The standard InChI is InChI=1S/C8H4BrNO2.C6H5F2N/c9-7-3-5(8(11)12)1-2-6(7)4-10;7-5-2-1-4(9)3-6(5)8/h1-3H,(H,11,12);1-3H,9H2. The molecule has 0 aromatic heterocycles. The molecule has 2 aromatic carbocycles. The topological polar surface area (TPSA) is 87.1 Å². The minimum atomic E-state index is -1.000. The van der Waals surface area contributed by atoms with E-state index in [4.69, 9.17) is 16.1 Å². The molecule has 2 aromatic rings. The Morgan fingerprint density at radius 3 is 2.29 bits per heavy atom. The molecule has 0 fully saturated rings. The van der Waals surface area contributed by atoms with Crippen LogP contribution < -0.4 is 5.73 Å². The number of nitriles is 1. The van der Waals surface area contributed by atoms with Gasteiger partial charge in [0, 0.05) is 10.2 Å². The Balaban J connectivity index is 0.000000219. The number of benzene rings is 2. The molecule has 0 amide bonds. The highest BCUT2D eigenvalue weighted by Gasteiger charge is 2.05. The Labute approximate surface area is 127 Å². The lowest BCUT2D eigenvalue weighted by molar-refractivity contribution is 0.0697. The quantitative estimate of drug-likeness (QED) is 0.766. The predicted octanol–water partition coefficient (Wildman–Crippen LogP) is 3.57. The van der Waals surface area contributed by atoms with Crippen molar-refractivity contribution in [3.8, 4) is 6.07 Å². The molecule has 0 bridgehead atoms. The summed E-state index contributed by atoms with van der Waals surface area (Å²) in [5.74, 6) is -2.78. The van der Waals surface area contributed by atoms with Gasteiger partial charge < -0.3 is 10.8 Å². The van der Waals surface area contributed by atoms with Crippen molar-refractivity contribution in [1.29, 1.82) is 5.26 Å². The van der Waals surface area contributed by atoms with Crippen LogP contribution in [0.5, 0.6) is 0 Å². The highest BCUT2D eigenvalue weighted by atomic mass is 79.9. The van der Waals surface area contributed by atoms with E-state index in [-0.39, 0.29) is 11.3 Å². The molecule has 3 N–H and O–H groups in total. The number of rotatable bonds is 1. The van der Waals surface area contributed by atoms with Gasteiger partial charge in [0.2, 0.25) is 0 Å². The van der Waals surface area contributed by atoms with Crippen molar-refractivity contribution in [2.45, 2.75) is 0 Å². The Kier molecular flexibility index (Phi) is 5.81. The maximum Gasteiger partial charge on any atom is 0.335 e. The molecular formula is C14H9BrF2N2O2. The first-order valence-corrected chi connectivity index (χ1v) is 6.28. The van der Waals surface area contributed by atoms with Crippen molar-refractivity contribution in [3.05, 3.63) is 63.6 Å². The van der Waals surface area contributed by atoms with Gasteiger partial charge in [-0.05, 0) is 52.3 Å². The summed E-state index contributed by atoms with van der Waals surface area (Å²) in [6.07, 6.45) is 0. The van der Waals surface area contributed by atoms with E-state index in [1.54, 1.807) is 0 Å². The van der Waals surface area contributed by atoms with Crippen molar-refractivity contribution in [2.75, 3.05) is 5.73 Å². The van der Waals surface area contributed by atoms with Crippen LogP contribution in [0.3, 0.4) is 0 Å². The normalized spacial score (nSPS) is 9.24. The van der Waals surface area contributed by atoms with Crippen molar-refractivity contribution in [3.63, 3.8) is 0 Å². The third kappa shape index (κ3) is 4.85. The van der Waals surface area contributed by atoms with Crippen molar-refractivity contribution < 1.29 is 18.7 Å². The summed E-state index contributed by atoms with van der Waals surface area (Å²) in [5, 5.41) is 17.1. The van der Waals surface area contributed by atoms with Gasteiger partial charge in [-0.2, -0.15) is 5.26 Å². The van der Waals surface area contributed by atoms with E-state index < -0.39 is 17.6 Å². The number of aromatic carboxylic acids is 1. The van der Waals surface area contributed by atoms with Gasteiger partial charge in [0.05, 0.1) is 11.1 Å². The van der Waals surface area contributed by atoms with Crippen LogP contribution in [0.15, 0.2) is 40.9 Å². The Bertz CT molecular complexity index is 715. The summed E-state index contributed by atoms with van der Waals surface area (Å²) in [5.41, 5.74) is 5.95. The van der Waals surface area contributed by atoms with Crippen LogP contribution >= 0.6 is 15.9 Å². The molecule has 0 radical (unpaired) electrons. The lowest BCUT2D eigenvalue weighted by atomic mass is 10.1. The fourth-order valence-corrected chi connectivity index (χ4v) is 1.72. The van der Waals surface area contributed by atoms with Crippen molar-refractivity contribution in [2.24, 2.45) is 0 Å². The number of nitrogens with zero attached hydrogens (tertiary/aromatic N) is 1. The Morgan fingerprint density at radius 1 is 1.19 bits per heavy atom. The number of hydrogen-bond acceptors (Lipinski definition) is 3. The van der Waals surface area contributed by atoms with E-state index in [2.05, 4.69) is 15.9 Å². The van der Waals surface area contributed by atoms with Crippen molar-refractivity contribution in [1.82, 2.24) is 0 Å². The van der Waals surface area contributed by atoms with Gasteiger partial charge in [-0.15, -0.1) is 0 Å². The number of hydrogen-bond donors (Lipinski definition) is 2. The lowest BCUT2D eigenvalue weighted by Crippen LogP contribution is -1.95. The van der Waals surface area contributed by atoms with E-state index in [0.717, 1.165) is 12.1 Å². The number of halogens is 3. The molecule has 2 rings (SSSR count). The number of carboxylic acids is 1. The van der Waals surface area contributed by atoms with Crippen LogP contribution in [0.25, 0.3) is 0 Å². The minimum absolute atomic E-state index is 0.167. The maximum atomic E-state index is 12.1. The van der Waals surface area contributed by atoms with E-state index in [1.165, 1.54) is 24.3 Å². The summed E-state index contributed by atoms with van der Waals surface area (Å²) >= 11 is 3.09. The van der Waals surface area contributed by atoms with Crippen molar-refractivity contribution >= 4 is 27.6 Å². The van der Waals surface area contributed by atoms with Gasteiger partial charge in [-0.25, -0.2) is 13.6 Å². The van der Waals surface area contributed by atoms with E-state index in [0.29, 0.717) is 10.0 Å². The first kappa shape index (κ1) is 16.6. The summed E-state index contributed by atoms with van der Waals surface area (Å²) in [6.45, 7) is 0. The summed E-state index contributed by atoms with van der Waals surface area (Å²) in [6, 6.07) is 9.42. The van der Waals surface area contributed by atoms with Gasteiger partial charge in [-0.1, -0.05) is 0 Å². The molecule has 0 unspecified atom stereocenters. The number of carbonyl (C=O) groups is 1. The molecule has 0 saturated carbocycles. The fourth-order valence-electron chi connectivity index (χ4n) is 1.25. The van der Waals surface area contributed by atoms with Crippen LogP contribution in [0.1, 0.15) is 15.9 Å². The first-order valence-electron chi connectivity index (χ1n) is 5.48. The van der Waals surface area contributed by atoms with E-state index >= 15 is 0 Å². The fraction of sp³-hybridized carbons (Fsp3) is 0. The molecule has 108 valence electrons.